The van der Waals surface area contributed by atoms with Crippen LogP contribution in [-0.4, -0.2) is 50.0 Å². The predicted octanol–water partition coefficient (Wildman–Crippen LogP) is 6.44. The Morgan fingerprint density at radius 2 is 1.57 bits per heavy atom. The van der Waals surface area contributed by atoms with Gasteiger partial charge in [-0.05, 0) is 117 Å². The predicted molar refractivity (Wildman–Crippen MR) is 175 cm³/mol. The highest BCUT2D eigenvalue weighted by Crippen LogP contribution is 2.60. The van der Waals surface area contributed by atoms with Crippen molar-refractivity contribution in [1.82, 2.24) is 10.2 Å². The van der Waals surface area contributed by atoms with E-state index in [-0.39, 0.29) is 23.9 Å². The SMILES string of the molecule is C[C@H](C(=O)NC1CCCCC1)N(Cc1cccc(Cl)c1)C(=O)CN(c1ccc(C23CC4CC(CC(C4)C2)C3)cc1)S(C)(=O)=O. The van der Waals surface area contributed by atoms with Crippen LogP contribution >= 0.6 is 11.6 Å². The molecule has 5 fully saturated rings. The van der Waals surface area contributed by atoms with Crippen molar-refractivity contribution < 1.29 is 18.0 Å². The van der Waals surface area contributed by atoms with Crippen LogP contribution in [0, 0.1) is 17.8 Å². The van der Waals surface area contributed by atoms with Crippen LogP contribution in [0.4, 0.5) is 5.69 Å². The van der Waals surface area contributed by atoms with E-state index in [1.54, 1.807) is 25.1 Å². The lowest BCUT2D eigenvalue weighted by molar-refractivity contribution is -0.139. The second-order valence-electron chi connectivity index (χ2n) is 14.2. The van der Waals surface area contributed by atoms with Gasteiger partial charge in [-0.1, -0.05) is 55.1 Å². The maximum absolute atomic E-state index is 14.0. The Labute approximate surface area is 267 Å². The van der Waals surface area contributed by atoms with Crippen molar-refractivity contribution in [3.63, 3.8) is 0 Å². The van der Waals surface area contributed by atoms with Gasteiger partial charge in [-0.2, -0.15) is 0 Å². The fraction of sp³-hybridized carbons (Fsp3) is 0.600. The summed E-state index contributed by atoms with van der Waals surface area (Å²) >= 11 is 6.24. The van der Waals surface area contributed by atoms with Gasteiger partial charge in [0.2, 0.25) is 21.8 Å². The fourth-order valence-electron chi connectivity index (χ4n) is 9.04. The maximum Gasteiger partial charge on any atom is 0.244 e. The van der Waals surface area contributed by atoms with Gasteiger partial charge < -0.3 is 10.2 Å². The lowest BCUT2D eigenvalue weighted by Crippen LogP contribution is -2.53. The highest BCUT2D eigenvalue weighted by atomic mass is 35.5. The molecule has 0 aliphatic heterocycles. The van der Waals surface area contributed by atoms with Gasteiger partial charge in [-0.3, -0.25) is 13.9 Å². The number of halogens is 1. The van der Waals surface area contributed by atoms with Crippen LogP contribution in [-0.2, 0) is 31.6 Å². The van der Waals surface area contributed by atoms with Crippen LogP contribution in [0.1, 0.15) is 88.7 Å². The lowest BCUT2D eigenvalue weighted by atomic mass is 9.48. The molecule has 0 radical (unpaired) electrons. The standard InChI is InChI=1S/C35H46ClN3O4S/c1-24(34(41)37-31-9-4-3-5-10-31)38(22-25-7-6-8-30(36)18-25)33(40)23-39(44(2,42)43)32-13-11-29(12-14-32)35-19-26-15-27(20-35)17-28(16-26)21-35/h6-8,11-14,18,24,26-28,31H,3-5,9-10,15-17,19-23H2,1-2H3,(H,37,41)/t24-,26?,27?,28?,35?/m1/s1. The van der Waals surface area contributed by atoms with Crippen molar-refractivity contribution in [3.8, 4) is 0 Å². The molecule has 5 aliphatic carbocycles. The van der Waals surface area contributed by atoms with Gasteiger partial charge in [-0.25, -0.2) is 8.42 Å². The van der Waals surface area contributed by atoms with Crippen LogP contribution in [0.25, 0.3) is 0 Å². The summed E-state index contributed by atoms with van der Waals surface area (Å²) in [5, 5.41) is 3.67. The van der Waals surface area contributed by atoms with Crippen LogP contribution in [0.15, 0.2) is 48.5 Å². The summed E-state index contributed by atoms with van der Waals surface area (Å²) in [5.74, 6) is 1.78. The minimum Gasteiger partial charge on any atom is -0.352 e. The average molecular weight is 640 g/mol. The summed E-state index contributed by atoms with van der Waals surface area (Å²) in [5.41, 5.74) is 2.74. The molecule has 0 spiro atoms. The molecular weight excluding hydrogens is 594 g/mol. The third-order valence-corrected chi connectivity index (χ3v) is 12.2. The smallest absolute Gasteiger partial charge is 0.244 e. The summed E-state index contributed by atoms with van der Waals surface area (Å²) in [6, 6.07) is 14.4. The number of benzene rings is 2. The van der Waals surface area contributed by atoms with E-state index in [0.29, 0.717) is 10.7 Å². The van der Waals surface area contributed by atoms with Gasteiger partial charge in [0.05, 0.1) is 11.9 Å². The van der Waals surface area contributed by atoms with Crippen molar-refractivity contribution in [2.75, 3.05) is 17.1 Å². The van der Waals surface area contributed by atoms with Gasteiger partial charge in [0.1, 0.15) is 12.6 Å². The van der Waals surface area contributed by atoms with Crippen molar-refractivity contribution in [3.05, 3.63) is 64.7 Å². The molecule has 2 aromatic rings. The van der Waals surface area contributed by atoms with Crippen molar-refractivity contribution >= 4 is 39.1 Å². The first-order chi connectivity index (χ1) is 21.0. The summed E-state index contributed by atoms with van der Waals surface area (Å²) in [6.07, 6.45) is 14.1. The lowest BCUT2D eigenvalue weighted by Gasteiger charge is -2.57. The third kappa shape index (κ3) is 6.81. The molecule has 1 atom stereocenters. The van der Waals surface area contributed by atoms with E-state index < -0.39 is 28.5 Å². The molecule has 0 aromatic heterocycles. The number of rotatable bonds is 10. The zero-order valence-corrected chi connectivity index (χ0v) is 27.6. The van der Waals surface area contributed by atoms with E-state index in [9.17, 15) is 18.0 Å². The Morgan fingerprint density at radius 3 is 2.14 bits per heavy atom. The number of sulfonamides is 1. The molecule has 0 heterocycles. The first-order valence-corrected chi connectivity index (χ1v) is 18.6. The molecule has 44 heavy (non-hydrogen) atoms. The second-order valence-corrected chi connectivity index (χ2v) is 16.5. The highest BCUT2D eigenvalue weighted by molar-refractivity contribution is 7.92. The van der Waals surface area contributed by atoms with Crippen LogP contribution in [0.2, 0.25) is 5.02 Å². The number of carbonyl (C=O) groups excluding carboxylic acids is 2. The summed E-state index contributed by atoms with van der Waals surface area (Å²) < 4.78 is 27.4. The Kier molecular flexibility index (Phi) is 9.04. The molecule has 2 aromatic carbocycles. The molecule has 1 N–H and O–H groups in total. The molecular formula is C35H46ClN3O4S. The number of nitrogens with one attached hydrogen (secondary N) is 1. The Bertz CT molecular complexity index is 1440. The maximum atomic E-state index is 14.0. The summed E-state index contributed by atoms with van der Waals surface area (Å²) in [6.45, 7) is 1.46. The van der Waals surface area contributed by atoms with Crippen molar-refractivity contribution in [1.29, 1.82) is 0 Å². The van der Waals surface area contributed by atoms with Crippen LogP contribution < -0.4 is 9.62 Å². The van der Waals surface area contributed by atoms with E-state index >= 15 is 0 Å². The van der Waals surface area contributed by atoms with E-state index in [4.69, 9.17) is 11.6 Å². The van der Waals surface area contributed by atoms with Gasteiger partial charge in [-0.15, -0.1) is 0 Å². The minimum atomic E-state index is -3.79. The van der Waals surface area contributed by atoms with Gasteiger partial charge in [0, 0.05) is 17.6 Å². The molecule has 0 unspecified atom stereocenters. The van der Waals surface area contributed by atoms with E-state index in [1.807, 2.05) is 18.2 Å². The monoisotopic (exact) mass is 639 g/mol. The number of hydrogen-bond donors (Lipinski definition) is 1. The summed E-state index contributed by atoms with van der Waals surface area (Å²) in [4.78, 5) is 28.9. The molecule has 238 valence electrons. The number of nitrogens with zero attached hydrogens (tertiary/aromatic N) is 2. The molecule has 5 aliphatic rings. The molecule has 5 saturated carbocycles. The van der Waals surface area contributed by atoms with Crippen LogP contribution in [0.3, 0.4) is 0 Å². The Hall–Kier alpha value is -2.58. The van der Waals surface area contributed by atoms with Gasteiger partial charge >= 0.3 is 0 Å². The molecule has 9 heteroatoms. The highest BCUT2D eigenvalue weighted by Gasteiger charge is 2.51. The number of hydrogen-bond acceptors (Lipinski definition) is 4. The first-order valence-electron chi connectivity index (χ1n) is 16.4. The Balaban J connectivity index is 1.22. The van der Waals surface area contributed by atoms with Gasteiger partial charge in [0.15, 0.2) is 0 Å². The van der Waals surface area contributed by atoms with E-state index in [0.717, 1.165) is 55.3 Å². The van der Waals surface area contributed by atoms with Crippen molar-refractivity contribution in [2.24, 2.45) is 17.8 Å². The molecule has 7 nitrogen and oxygen atoms in total. The number of amides is 2. The summed E-state index contributed by atoms with van der Waals surface area (Å²) in [7, 11) is -3.79. The third-order valence-electron chi connectivity index (χ3n) is 10.8. The second kappa shape index (κ2) is 12.7. The van der Waals surface area contributed by atoms with E-state index in [1.165, 1.54) is 59.7 Å². The Morgan fingerprint density at radius 1 is 0.955 bits per heavy atom. The molecule has 7 rings (SSSR count). The molecule has 4 bridgehead atoms. The van der Waals surface area contributed by atoms with Gasteiger partial charge in [0.25, 0.3) is 0 Å². The number of anilines is 1. The van der Waals surface area contributed by atoms with Crippen LogP contribution in [0.5, 0.6) is 0 Å². The van der Waals surface area contributed by atoms with E-state index in [2.05, 4.69) is 17.4 Å². The zero-order valence-electron chi connectivity index (χ0n) is 26.0. The quantitative estimate of drug-likeness (QED) is 0.324. The molecule has 0 saturated heterocycles. The largest absolute Gasteiger partial charge is 0.352 e. The average Bonchev–Trinajstić information content (AvgIpc) is 2.97. The zero-order chi connectivity index (χ0) is 31.1. The van der Waals surface area contributed by atoms with Crippen molar-refractivity contribution in [2.45, 2.75) is 102 Å². The molecule has 2 amide bonds. The first kappa shape index (κ1) is 31.4. The number of carbonyl (C=O) groups is 2. The minimum absolute atomic E-state index is 0.0989. The normalized spacial score (nSPS) is 27.1. The fourth-order valence-corrected chi connectivity index (χ4v) is 10.1. The topological polar surface area (TPSA) is 86.8 Å².